The summed E-state index contributed by atoms with van der Waals surface area (Å²) in [7, 11) is 3.15. The van der Waals surface area contributed by atoms with Crippen molar-refractivity contribution in [1.82, 2.24) is 10.2 Å². The van der Waals surface area contributed by atoms with Crippen LogP contribution in [0.4, 0.5) is 0 Å². The molecule has 2 rings (SSSR count). The molecule has 0 N–H and O–H groups in total. The Morgan fingerprint density at radius 2 is 2.05 bits per heavy atom. The molecule has 7 heteroatoms. The molecule has 1 aromatic carbocycles. The standard InChI is InChI=1S/C13H13N3O3S/c1-17-10-5-4-9(8-11(10)18-2)12-15-16-13(19-12)20-7-3-6-14/h4-5,8H,3,7H2,1-2H3. The van der Waals surface area contributed by atoms with E-state index in [0.29, 0.717) is 34.8 Å². The van der Waals surface area contributed by atoms with Crippen molar-refractivity contribution in [3.05, 3.63) is 18.2 Å². The molecule has 0 atom stereocenters. The van der Waals surface area contributed by atoms with Gasteiger partial charge in [0, 0.05) is 17.7 Å². The first-order chi connectivity index (χ1) is 9.78. The average molecular weight is 291 g/mol. The zero-order chi connectivity index (χ0) is 14.4. The molecule has 6 nitrogen and oxygen atoms in total. The smallest absolute Gasteiger partial charge is 0.276 e. The van der Waals surface area contributed by atoms with Gasteiger partial charge in [0.2, 0.25) is 5.89 Å². The van der Waals surface area contributed by atoms with Crippen LogP contribution in [-0.4, -0.2) is 30.2 Å². The topological polar surface area (TPSA) is 81.2 Å². The number of nitrogens with zero attached hydrogens (tertiary/aromatic N) is 3. The molecule has 0 aliphatic rings. The predicted molar refractivity (Wildman–Crippen MR) is 73.8 cm³/mol. The van der Waals surface area contributed by atoms with Crippen molar-refractivity contribution < 1.29 is 13.9 Å². The van der Waals surface area contributed by atoms with Crippen LogP contribution in [0.5, 0.6) is 11.5 Å². The first-order valence-corrected chi connectivity index (χ1v) is 6.82. The van der Waals surface area contributed by atoms with E-state index in [-0.39, 0.29) is 0 Å². The van der Waals surface area contributed by atoms with E-state index in [2.05, 4.69) is 16.3 Å². The van der Waals surface area contributed by atoms with Crippen molar-refractivity contribution in [3.8, 4) is 29.0 Å². The van der Waals surface area contributed by atoms with E-state index >= 15 is 0 Å². The van der Waals surface area contributed by atoms with Crippen LogP contribution in [-0.2, 0) is 0 Å². The monoisotopic (exact) mass is 291 g/mol. The van der Waals surface area contributed by atoms with Crippen LogP contribution in [0.1, 0.15) is 6.42 Å². The largest absolute Gasteiger partial charge is 0.493 e. The van der Waals surface area contributed by atoms with Crippen LogP contribution in [0.25, 0.3) is 11.5 Å². The van der Waals surface area contributed by atoms with Gasteiger partial charge in [0.05, 0.1) is 20.3 Å². The fraction of sp³-hybridized carbons (Fsp3) is 0.308. The molecule has 1 heterocycles. The van der Waals surface area contributed by atoms with Gasteiger partial charge in [-0.15, -0.1) is 10.2 Å². The van der Waals surface area contributed by atoms with Gasteiger partial charge in [-0.3, -0.25) is 0 Å². The van der Waals surface area contributed by atoms with Gasteiger partial charge < -0.3 is 13.9 Å². The quantitative estimate of drug-likeness (QED) is 0.598. The van der Waals surface area contributed by atoms with E-state index in [1.54, 1.807) is 26.4 Å². The molecule has 0 amide bonds. The van der Waals surface area contributed by atoms with Crippen molar-refractivity contribution in [2.24, 2.45) is 0 Å². The van der Waals surface area contributed by atoms with E-state index in [0.717, 1.165) is 5.56 Å². The Labute approximate surface area is 120 Å². The Balaban J connectivity index is 2.17. The Kier molecular flexibility index (Phi) is 4.85. The van der Waals surface area contributed by atoms with Crippen LogP contribution in [0, 0.1) is 11.3 Å². The molecule has 0 aliphatic carbocycles. The normalized spacial score (nSPS) is 10.1. The summed E-state index contributed by atoms with van der Waals surface area (Å²) in [6.07, 6.45) is 0.443. The highest BCUT2D eigenvalue weighted by Gasteiger charge is 2.12. The van der Waals surface area contributed by atoms with Crippen LogP contribution >= 0.6 is 11.8 Å². The fourth-order valence-electron chi connectivity index (χ4n) is 1.54. The van der Waals surface area contributed by atoms with Gasteiger partial charge in [-0.1, -0.05) is 11.8 Å². The molecule has 0 radical (unpaired) electrons. The van der Waals surface area contributed by atoms with Gasteiger partial charge in [-0.25, -0.2) is 0 Å². The highest BCUT2D eigenvalue weighted by molar-refractivity contribution is 7.99. The summed E-state index contributed by atoms with van der Waals surface area (Å²) < 4.78 is 15.9. The lowest BCUT2D eigenvalue weighted by atomic mass is 10.2. The summed E-state index contributed by atoms with van der Waals surface area (Å²) in [5.41, 5.74) is 0.752. The number of hydrogen-bond acceptors (Lipinski definition) is 7. The third-order valence-corrected chi connectivity index (χ3v) is 3.30. The molecular formula is C13H13N3O3S. The molecule has 0 aliphatic heterocycles. The van der Waals surface area contributed by atoms with E-state index in [1.165, 1.54) is 11.8 Å². The number of hydrogen-bond donors (Lipinski definition) is 0. The number of ether oxygens (including phenoxy) is 2. The SMILES string of the molecule is COc1ccc(-c2nnc(SCCC#N)o2)cc1OC. The van der Waals surface area contributed by atoms with Crippen molar-refractivity contribution in [1.29, 1.82) is 5.26 Å². The van der Waals surface area contributed by atoms with Crippen LogP contribution < -0.4 is 9.47 Å². The summed E-state index contributed by atoms with van der Waals surface area (Å²) in [4.78, 5) is 0. The third-order valence-electron chi connectivity index (χ3n) is 2.48. The van der Waals surface area contributed by atoms with Crippen molar-refractivity contribution in [2.45, 2.75) is 11.6 Å². The maximum Gasteiger partial charge on any atom is 0.276 e. The van der Waals surface area contributed by atoms with Crippen LogP contribution in [0.3, 0.4) is 0 Å². The van der Waals surface area contributed by atoms with Gasteiger partial charge in [0.1, 0.15) is 0 Å². The number of aromatic nitrogens is 2. The summed E-state index contributed by atoms with van der Waals surface area (Å²) in [5, 5.41) is 16.8. The molecule has 20 heavy (non-hydrogen) atoms. The maximum atomic E-state index is 8.48. The fourth-order valence-corrected chi connectivity index (χ4v) is 2.14. The average Bonchev–Trinajstić information content (AvgIpc) is 2.95. The minimum atomic E-state index is 0.408. The molecule has 0 bridgehead atoms. The second kappa shape index (κ2) is 6.82. The lowest BCUT2D eigenvalue weighted by Crippen LogP contribution is -1.90. The summed E-state index contributed by atoms with van der Waals surface area (Å²) >= 11 is 1.36. The predicted octanol–water partition coefficient (Wildman–Crippen LogP) is 2.76. The number of methoxy groups -OCH3 is 2. The Bertz CT molecular complexity index is 622. The first kappa shape index (κ1) is 14.2. The highest BCUT2D eigenvalue weighted by Crippen LogP contribution is 2.32. The summed E-state index contributed by atoms with van der Waals surface area (Å²) in [6.45, 7) is 0. The lowest BCUT2D eigenvalue weighted by Gasteiger charge is -2.07. The third kappa shape index (κ3) is 3.22. The molecule has 0 saturated carbocycles. The van der Waals surface area contributed by atoms with Crippen molar-refractivity contribution in [3.63, 3.8) is 0 Å². The number of thioether (sulfide) groups is 1. The Hall–Kier alpha value is -2.20. The van der Waals surface area contributed by atoms with Gasteiger partial charge in [-0.05, 0) is 18.2 Å². The Morgan fingerprint density at radius 3 is 2.75 bits per heavy atom. The number of rotatable bonds is 6. The Morgan fingerprint density at radius 1 is 1.25 bits per heavy atom. The highest BCUT2D eigenvalue weighted by atomic mass is 32.2. The first-order valence-electron chi connectivity index (χ1n) is 5.84. The molecule has 0 saturated heterocycles. The molecular weight excluding hydrogens is 278 g/mol. The second-order valence-electron chi connectivity index (χ2n) is 3.70. The maximum absolute atomic E-state index is 8.48. The molecule has 0 spiro atoms. The van der Waals surface area contributed by atoms with Crippen LogP contribution in [0.15, 0.2) is 27.8 Å². The van der Waals surface area contributed by atoms with Gasteiger partial charge in [0.15, 0.2) is 11.5 Å². The van der Waals surface area contributed by atoms with E-state index < -0.39 is 0 Å². The molecule has 0 unspecified atom stereocenters. The van der Waals surface area contributed by atoms with Gasteiger partial charge in [0.25, 0.3) is 5.22 Å². The van der Waals surface area contributed by atoms with E-state index in [9.17, 15) is 0 Å². The zero-order valence-corrected chi connectivity index (χ0v) is 11.9. The molecule has 104 valence electrons. The lowest BCUT2D eigenvalue weighted by molar-refractivity contribution is 0.355. The second-order valence-corrected chi connectivity index (χ2v) is 4.75. The van der Waals surface area contributed by atoms with Crippen molar-refractivity contribution in [2.75, 3.05) is 20.0 Å². The zero-order valence-electron chi connectivity index (χ0n) is 11.1. The summed E-state index contributed by atoms with van der Waals surface area (Å²) in [6, 6.07) is 7.43. The van der Waals surface area contributed by atoms with Crippen molar-refractivity contribution >= 4 is 11.8 Å². The van der Waals surface area contributed by atoms with E-state index in [1.807, 2.05) is 6.07 Å². The number of nitriles is 1. The summed E-state index contributed by atoms with van der Waals surface area (Å²) in [5.74, 6) is 2.27. The van der Waals surface area contributed by atoms with Crippen LogP contribution in [0.2, 0.25) is 0 Å². The minimum Gasteiger partial charge on any atom is -0.493 e. The number of benzene rings is 1. The van der Waals surface area contributed by atoms with Gasteiger partial charge >= 0.3 is 0 Å². The molecule has 2 aromatic rings. The molecule has 1 aromatic heterocycles. The van der Waals surface area contributed by atoms with E-state index in [4.69, 9.17) is 19.2 Å². The minimum absolute atomic E-state index is 0.408. The van der Waals surface area contributed by atoms with Gasteiger partial charge in [-0.2, -0.15) is 5.26 Å². The molecule has 0 fully saturated rings.